The van der Waals surface area contributed by atoms with Crippen molar-refractivity contribution in [1.82, 2.24) is 4.98 Å². The molecule has 6 nitrogen and oxygen atoms in total. The molecule has 1 fully saturated rings. The van der Waals surface area contributed by atoms with Crippen LogP contribution in [-0.4, -0.2) is 32.6 Å². The van der Waals surface area contributed by atoms with Crippen molar-refractivity contribution in [2.75, 3.05) is 22.7 Å². The molecule has 1 aromatic heterocycles. The standard InChI is InChI=1S/C20H27N3O3S/c1-15(2)26-18-5-7-19(8-6-18)27(24,25)22-20-9-4-17(14-21-20)23-12-10-16(3)11-13-23/h4-9,14-16H,10-13H2,1-3H3,(H,21,22). The van der Waals surface area contributed by atoms with Crippen LogP contribution < -0.4 is 14.4 Å². The van der Waals surface area contributed by atoms with Crippen molar-refractivity contribution in [2.45, 2.75) is 44.6 Å². The van der Waals surface area contributed by atoms with E-state index in [1.54, 1.807) is 24.4 Å². The molecule has 2 aromatic rings. The molecule has 1 aliphatic heterocycles. The first-order valence-electron chi connectivity index (χ1n) is 9.34. The number of pyridine rings is 1. The number of hydrogen-bond acceptors (Lipinski definition) is 5. The number of nitrogens with one attached hydrogen (secondary N) is 1. The second kappa shape index (κ2) is 8.17. The van der Waals surface area contributed by atoms with Crippen LogP contribution in [0.15, 0.2) is 47.5 Å². The minimum absolute atomic E-state index is 0.0383. The second-order valence-corrected chi connectivity index (χ2v) is 9.00. The molecule has 7 heteroatoms. The van der Waals surface area contributed by atoms with E-state index in [0.717, 1.165) is 24.7 Å². The Morgan fingerprint density at radius 3 is 2.33 bits per heavy atom. The molecule has 27 heavy (non-hydrogen) atoms. The van der Waals surface area contributed by atoms with Gasteiger partial charge in [-0.15, -0.1) is 0 Å². The first kappa shape index (κ1) is 19.5. The van der Waals surface area contributed by atoms with E-state index in [-0.39, 0.29) is 11.0 Å². The number of piperidine rings is 1. The molecule has 146 valence electrons. The summed E-state index contributed by atoms with van der Waals surface area (Å²) in [5.74, 6) is 1.71. The van der Waals surface area contributed by atoms with Gasteiger partial charge in [-0.05, 0) is 69.0 Å². The zero-order valence-electron chi connectivity index (χ0n) is 16.1. The van der Waals surface area contributed by atoms with Crippen LogP contribution in [0.3, 0.4) is 0 Å². The molecule has 0 atom stereocenters. The Kier molecular flexibility index (Phi) is 5.89. The predicted molar refractivity (Wildman–Crippen MR) is 108 cm³/mol. The molecule has 0 radical (unpaired) electrons. The second-order valence-electron chi connectivity index (χ2n) is 7.31. The van der Waals surface area contributed by atoms with Gasteiger partial charge in [0.25, 0.3) is 10.0 Å². The SMILES string of the molecule is CC1CCN(c2ccc(NS(=O)(=O)c3ccc(OC(C)C)cc3)nc2)CC1. The third kappa shape index (κ3) is 5.13. The average molecular weight is 390 g/mol. The molecule has 1 N–H and O–H groups in total. The van der Waals surface area contributed by atoms with Crippen molar-refractivity contribution in [2.24, 2.45) is 5.92 Å². The maximum atomic E-state index is 12.6. The van der Waals surface area contributed by atoms with Gasteiger partial charge in [-0.25, -0.2) is 13.4 Å². The fourth-order valence-corrected chi connectivity index (χ4v) is 4.07. The largest absolute Gasteiger partial charge is 0.491 e. The Morgan fingerprint density at radius 1 is 1.11 bits per heavy atom. The van der Waals surface area contributed by atoms with Gasteiger partial charge in [0.15, 0.2) is 0 Å². The lowest BCUT2D eigenvalue weighted by molar-refractivity contribution is 0.242. The van der Waals surface area contributed by atoms with Crippen LogP contribution in [0.2, 0.25) is 0 Å². The minimum atomic E-state index is -3.69. The topological polar surface area (TPSA) is 71.5 Å². The highest BCUT2D eigenvalue weighted by Crippen LogP contribution is 2.24. The number of anilines is 2. The molecule has 0 saturated carbocycles. The zero-order chi connectivity index (χ0) is 19.4. The third-order valence-electron chi connectivity index (χ3n) is 4.64. The highest BCUT2D eigenvalue weighted by Gasteiger charge is 2.18. The van der Waals surface area contributed by atoms with Crippen LogP contribution in [0.1, 0.15) is 33.6 Å². The number of sulfonamides is 1. The summed E-state index contributed by atoms with van der Waals surface area (Å²) in [6.07, 6.45) is 4.11. The average Bonchev–Trinajstić information content (AvgIpc) is 2.63. The lowest BCUT2D eigenvalue weighted by atomic mass is 9.99. The zero-order valence-corrected chi connectivity index (χ0v) is 16.9. The first-order valence-corrected chi connectivity index (χ1v) is 10.8. The summed E-state index contributed by atoms with van der Waals surface area (Å²) < 4.78 is 33.2. The Morgan fingerprint density at radius 2 is 1.78 bits per heavy atom. The molecule has 1 saturated heterocycles. The van der Waals surface area contributed by atoms with E-state index in [4.69, 9.17) is 4.74 Å². The van der Waals surface area contributed by atoms with Crippen molar-refractivity contribution >= 4 is 21.5 Å². The Balaban J connectivity index is 1.66. The molecule has 1 aromatic carbocycles. The first-order chi connectivity index (χ1) is 12.8. The highest BCUT2D eigenvalue weighted by atomic mass is 32.2. The van der Waals surface area contributed by atoms with Crippen LogP contribution in [0.4, 0.5) is 11.5 Å². The van der Waals surface area contributed by atoms with Crippen LogP contribution >= 0.6 is 0 Å². The quantitative estimate of drug-likeness (QED) is 0.811. The Bertz CT molecular complexity index is 841. The highest BCUT2D eigenvalue weighted by molar-refractivity contribution is 7.92. The molecule has 3 rings (SSSR count). The van der Waals surface area contributed by atoms with E-state index in [0.29, 0.717) is 11.6 Å². The summed E-state index contributed by atoms with van der Waals surface area (Å²) in [6, 6.07) is 10.00. The van der Waals surface area contributed by atoms with Gasteiger partial charge in [-0.1, -0.05) is 6.92 Å². The minimum Gasteiger partial charge on any atom is -0.491 e. The van der Waals surface area contributed by atoms with E-state index < -0.39 is 10.0 Å². The monoisotopic (exact) mass is 389 g/mol. The van der Waals surface area contributed by atoms with Gasteiger partial charge in [0.1, 0.15) is 11.6 Å². The van der Waals surface area contributed by atoms with Gasteiger partial charge in [0, 0.05) is 13.1 Å². The summed E-state index contributed by atoms with van der Waals surface area (Å²) in [4.78, 5) is 6.75. The molecular formula is C20H27N3O3S. The number of ether oxygens (including phenoxy) is 1. The van der Waals surface area contributed by atoms with Crippen LogP contribution in [-0.2, 0) is 10.0 Å². The van der Waals surface area contributed by atoms with E-state index in [9.17, 15) is 8.42 Å². The number of nitrogens with zero attached hydrogens (tertiary/aromatic N) is 2. The Labute approximate surface area is 161 Å². The van der Waals surface area contributed by atoms with E-state index in [1.807, 2.05) is 19.9 Å². The molecule has 0 aliphatic carbocycles. The van der Waals surface area contributed by atoms with Gasteiger partial charge >= 0.3 is 0 Å². The molecule has 0 unspecified atom stereocenters. The fourth-order valence-electron chi connectivity index (χ4n) is 3.07. The van der Waals surface area contributed by atoms with Gasteiger partial charge < -0.3 is 9.64 Å². The molecular weight excluding hydrogens is 362 g/mol. The number of rotatable bonds is 6. The van der Waals surface area contributed by atoms with E-state index in [2.05, 4.69) is 21.5 Å². The molecule has 2 heterocycles. The van der Waals surface area contributed by atoms with Gasteiger partial charge in [-0.2, -0.15) is 0 Å². The maximum Gasteiger partial charge on any atom is 0.263 e. The van der Waals surface area contributed by atoms with Crippen molar-refractivity contribution in [1.29, 1.82) is 0 Å². The maximum absolute atomic E-state index is 12.6. The van der Waals surface area contributed by atoms with Crippen molar-refractivity contribution in [3.63, 3.8) is 0 Å². The summed E-state index contributed by atoms with van der Waals surface area (Å²) >= 11 is 0. The number of benzene rings is 1. The van der Waals surface area contributed by atoms with E-state index in [1.165, 1.54) is 25.0 Å². The summed E-state index contributed by atoms with van der Waals surface area (Å²) in [5.41, 5.74) is 1.03. The predicted octanol–water partition coefficient (Wildman–Crippen LogP) is 3.91. The normalized spacial score (nSPS) is 15.8. The van der Waals surface area contributed by atoms with Gasteiger partial charge in [0.05, 0.1) is 22.9 Å². The lowest BCUT2D eigenvalue weighted by Gasteiger charge is -2.31. The van der Waals surface area contributed by atoms with Crippen molar-refractivity contribution in [3.05, 3.63) is 42.6 Å². The molecule has 0 amide bonds. The van der Waals surface area contributed by atoms with Crippen LogP contribution in [0.5, 0.6) is 5.75 Å². The van der Waals surface area contributed by atoms with Gasteiger partial charge in [-0.3, -0.25) is 4.72 Å². The van der Waals surface area contributed by atoms with Crippen LogP contribution in [0, 0.1) is 5.92 Å². The summed E-state index contributed by atoms with van der Waals surface area (Å²) in [7, 11) is -3.69. The van der Waals surface area contributed by atoms with Crippen molar-refractivity contribution in [3.8, 4) is 5.75 Å². The number of aromatic nitrogens is 1. The molecule has 0 bridgehead atoms. The third-order valence-corrected chi connectivity index (χ3v) is 6.01. The van der Waals surface area contributed by atoms with Gasteiger partial charge in [0.2, 0.25) is 0 Å². The smallest absolute Gasteiger partial charge is 0.263 e. The number of hydrogen-bond donors (Lipinski definition) is 1. The molecule has 0 spiro atoms. The fraction of sp³-hybridized carbons (Fsp3) is 0.450. The van der Waals surface area contributed by atoms with Crippen molar-refractivity contribution < 1.29 is 13.2 Å². The van der Waals surface area contributed by atoms with E-state index >= 15 is 0 Å². The Hall–Kier alpha value is -2.28. The molecule has 1 aliphatic rings. The van der Waals surface area contributed by atoms with Crippen LogP contribution in [0.25, 0.3) is 0 Å². The lowest BCUT2D eigenvalue weighted by Crippen LogP contribution is -2.32. The summed E-state index contributed by atoms with van der Waals surface area (Å²) in [6.45, 7) is 8.14. The summed E-state index contributed by atoms with van der Waals surface area (Å²) in [5, 5.41) is 0.